The summed E-state index contributed by atoms with van der Waals surface area (Å²) >= 11 is 5.86. The molecule has 0 saturated carbocycles. The van der Waals surface area contributed by atoms with Gasteiger partial charge in [0, 0.05) is 7.05 Å². The Morgan fingerprint density at radius 2 is 2.00 bits per heavy atom. The van der Waals surface area contributed by atoms with Crippen molar-refractivity contribution < 1.29 is 9.47 Å². The summed E-state index contributed by atoms with van der Waals surface area (Å²) in [5.74, 6) is 1.24. The third-order valence-electron chi connectivity index (χ3n) is 1.45. The second-order valence-corrected chi connectivity index (χ2v) is 2.51. The van der Waals surface area contributed by atoms with Crippen LogP contribution in [0.5, 0.6) is 11.6 Å². The van der Waals surface area contributed by atoms with Crippen molar-refractivity contribution in [1.82, 2.24) is 4.57 Å². The van der Waals surface area contributed by atoms with Crippen LogP contribution in [0, 0.1) is 0 Å². The third-order valence-corrected chi connectivity index (χ3v) is 1.80. The van der Waals surface area contributed by atoms with E-state index < -0.39 is 0 Å². The highest BCUT2D eigenvalue weighted by Crippen LogP contribution is 2.34. The van der Waals surface area contributed by atoms with E-state index in [9.17, 15) is 0 Å². The monoisotopic (exact) mass is 175 g/mol. The molecule has 0 aliphatic rings. The minimum atomic E-state index is 0.512. The van der Waals surface area contributed by atoms with Crippen LogP contribution < -0.4 is 9.47 Å². The summed E-state index contributed by atoms with van der Waals surface area (Å²) in [6.07, 6.45) is 1.77. The van der Waals surface area contributed by atoms with E-state index in [0.717, 1.165) is 0 Å². The molecule has 1 heterocycles. The molecule has 1 rings (SSSR count). The van der Waals surface area contributed by atoms with Crippen LogP contribution in [-0.2, 0) is 7.05 Å². The zero-order valence-corrected chi connectivity index (χ0v) is 7.47. The van der Waals surface area contributed by atoms with Crippen LogP contribution in [0.1, 0.15) is 0 Å². The molecule has 0 aliphatic carbocycles. The molecule has 0 spiro atoms. The largest absolute Gasteiger partial charge is 0.493 e. The number of methoxy groups -OCH3 is 2. The van der Waals surface area contributed by atoms with Crippen molar-refractivity contribution in [3.63, 3.8) is 0 Å². The zero-order valence-electron chi connectivity index (χ0n) is 6.72. The van der Waals surface area contributed by atoms with Gasteiger partial charge >= 0.3 is 0 Å². The minimum absolute atomic E-state index is 0.512. The van der Waals surface area contributed by atoms with Crippen molar-refractivity contribution in [1.29, 1.82) is 0 Å². The van der Waals surface area contributed by atoms with Crippen molar-refractivity contribution in [3.8, 4) is 11.6 Å². The van der Waals surface area contributed by atoms with Crippen molar-refractivity contribution in [3.05, 3.63) is 11.2 Å². The van der Waals surface area contributed by atoms with E-state index in [1.807, 2.05) is 7.05 Å². The first-order chi connectivity index (χ1) is 5.20. The van der Waals surface area contributed by atoms with Gasteiger partial charge in [0.05, 0.1) is 20.4 Å². The van der Waals surface area contributed by atoms with Crippen LogP contribution in [0.3, 0.4) is 0 Å². The standard InChI is InChI=1S/C7H10ClNO2/c1-9-4-5(10-2)6(8)7(9)11-3/h4H,1-3H3. The third kappa shape index (κ3) is 1.28. The summed E-state index contributed by atoms with van der Waals surface area (Å²) in [5.41, 5.74) is 0. The quantitative estimate of drug-likeness (QED) is 0.683. The van der Waals surface area contributed by atoms with E-state index in [1.165, 1.54) is 0 Å². The number of ether oxygens (including phenoxy) is 2. The first-order valence-corrected chi connectivity index (χ1v) is 3.51. The molecule has 4 heteroatoms. The van der Waals surface area contributed by atoms with Crippen molar-refractivity contribution in [2.45, 2.75) is 0 Å². The summed E-state index contributed by atoms with van der Waals surface area (Å²) in [7, 11) is 4.98. The number of hydrogen-bond donors (Lipinski definition) is 0. The Hall–Kier alpha value is -0.830. The van der Waals surface area contributed by atoms with Gasteiger partial charge in [-0.2, -0.15) is 0 Å². The molecular weight excluding hydrogens is 166 g/mol. The molecule has 0 fully saturated rings. The number of hydrogen-bond acceptors (Lipinski definition) is 2. The Kier molecular flexibility index (Phi) is 2.29. The highest BCUT2D eigenvalue weighted by atomic mass is 35.5. The van der Waals surface area contributed by atoms with Gasteiger partial charge in [-0.1, -0.05) is 11.6 Å². The number of rotatable bonds is 2. The predicted molar refractivity (Wildman–Crippen MR) is 43.5 cm³/mol. The second kappa shape index (κ2) is 3.05. The molecule has 0 aliphatic heterocycles. The van der Waals surface area contributed by atoms with E-state index in [4.69, 9.17) is 21.1 Å². The minimum Gasteiger partial charge on any atom is -0.493 e. The second-order valence-electron chi connectivity index (χ2n) is 2.13. The number of aryl methyl sites for hydroxylation is 1. The maximum Gasteiger partial charge on any atom is 0.216 e. The lowest BCUT2D eigenvalue weighted by molar-refractivity contribution is 0.382. The van der Waals surface area contributed by atoms with Crippen molar-refractivity contribution in [2.75, 3.05) is 14.2 Å². The van der Waals surface area contributed by atoms with Gasteiger partial charge in [-0.3, -0.25) is 0 Å². The van der Waals surface area contributed by atoms with Crippen LogP contribution in [0.4, 0.5) is 0 Å². The van der Waals surface area contributed by atoms with Crippen molar-refractivity contribution in [2.24, 2.45) is 7.05 Å². The van der Waals surface area contributed by atoms with Crippen LogP contribution in [0.15, 0.2) is 6.20 Å². The Morgan fingerprint density at radius 3 is 2.27 bits per heavy atom. The smallest absolute Gasteiger partial charge is 0.216 e. The van der Waals surface area contributed by atoms with Gasteiger partial charge in [0.1, 0.15) is 5.02 Å². The molecule has 0 aromatic carbocycles. The summed E-state index contributed by atoms with van der Waals surface area (Å²) in [6, 6.07) is 0. The first-order valence-electron chi connectivity index (χ1n) is 3.13. The van der Waals surface area contributed by atoms with Crippen LogP contribution in [0.25, 0.3) is 0 Å². The number of halogens is 1. The molecule has 0 saturated heterocycles. The molecule has 1 aromatic rings. The fourth-order valence-electron chi connectivity index (χ4n) is 0.927. The Balaban J connectivity index is 3.14. The van der Waals surface area contributed by atoms with Crippen LogP contribution in [-0.4, -0.2) is 18.8 Å². The highest BCUT2D eigenvalue weighted by molar-refractivity contribution is 6.33. The lowest BCUT2D eigenvalue weighted by Gasteiger charge is -1.99. The normalized spacial score (nSPS) is 9.82. The Bertz CT molecular complexity index is 257. The van der Waals surface area contributed by atoms with Crippen LogP contribution >= 0.6 is 11.6 Å². The van der Waals surface area contributed by atoms with E-state index in [1.54, 1.807) is 25.0 Å². The summed E-state index contributed by atoms with van der Waals surface area (Å²) in [4.78, 5) is 0. The van der Waals surface area contributed by atoms with E-state index in [0.29, 0.717) is 16.7 Å². The van der Waals surface area contributed by atoms with Gasteiger partial charge < -0.3 is 14.0 Å². The lowest BCUT2D eigenvalue weighted by Crippen LogP contribution is -1.91. The van der Waals surface area contributed by atoms with Gasteiger partial charge in [0.15, 0.2) is 5.75 Å². The molecule has 0 radical (unpaired) electrons. The number of aromatic nitrogens is 1. The molecule has 3 nitrogen and oxygen atoms in total. The molecule has 0 amide bonds. The van der Waals surface area contributed by atoms with Crippen LogP contribution in [0.2, 0.25) is 5.02 Å². The molecular formula is C7H10ClNO2. The Labute approximate surface area is 70.5 Å². The lowest BCUT2D eigenvalue weighted by atomic mass is 10.6. The predicted octanol–water partition coefficient (Wildman–Crippen LogP) is 1.70. The maximum atomic E-state index is 5.86. The van der Waals surface area contributed by atoms with Gasteiger partial charge in [-0.15, -0.1) is 0 Å². The van der Waals surface area contributed by atoms with E-state index in [2.05, 4.69) is 0 Å². The average molecular weight is 176 g/mol. The Morgan fingerprint density at radius 1 is 1.36 bits per heavy atom. The fraction of sp³-hybridized carbons (Fsp3) is 0.429. The zero-order chi connectivity index (χ0) is 8.43. The summed E-state index contributed by atoms with van der Waals surface area (Å²) < 4.78 is 11.7. The molecule has 11 heavy (non-hydrogen) atoms. The van der Waals surface area contributed by atoms with Gasteiger partial charge in [-0.25, -0.2) is 0 Å². The van der Waals surface area contributed by atoms with Gasteiger partial charge in [-0.05, 0) is 0 Å². The first kappa shape index (κ1) is 8.27. The maximum absolute atomic E-state index is 5.86. The van der Waals surface area contributed by atoms with E-state index >= 15 is 0 Å². The van der Waals surface area contributed by atoms with Crippen molar-refractivity contribution >= 4 is 11.6 Å². The van der Waals surface area contributed by atoms with E-state index in [-0.39, 0.29) is 0 Å². The van der Waals surface area contributed by atoms with Gasteiger partial charge in [0.2, 0.25) is 5.88 Å². The topological polar surface area (TPSA) is 23.4 Å². The van der Waals surface area contributed by atoms with Gasteiger partial charge in [0.25, 0.3) is 0 Å². The average Bonchev–Trinajstić information content (AvgIpc) is 2.26. The molecule has 62 valence electrons. The summed E-state index contributed by atoms with van der Waals surface area (Å²) in [6.45, 7) is 0. The summed E-state index contributed by atoms with van der Waals surface area (Å²) in [5, 5.41) is 0.512. The number of nitrogens with zero attached hydrogens (tertiary/aromatic N) is 1. The molecule has 0 atom stereocenters. The molecule has 0 bridgehead atoms. The molecule has 0 unspecified atom stereocenters. The molecule has 0 N–H and O–H groups in total. The SMILES string of the molecule is COc1cn(C)c(OC)c1Cl. The molecule has 1 aromatic heterocycles. The fourth-order valence-corrected chi connectivity index (χ4v) is 1.26. The highest BCUT2D eigenvalue weighted by Gasteiger charge is 2.12.